The van der Waals surface area contributed by atoms with Crippen LogP contribution in [0.15, 0.2) is 28.7 Å². The molecule has 0 aliphatic rings. The van der Waals surface area contributed by atoms with Gasteiger partial charge in [0, 0.05) is 4.47 Å². The Balaban J connectivity index is 2.81. The van der Waals surface area contributed by atoms with Crippen molar-refractivity contribution in [3.63, 3.8) is 0 Å². The first-order chi connectivity index (χ1) is 5.24. The van der Waals surface area contributed by atoms with Gasteiger partial charge < -0.3 is 5.11 Å². The normalized spacial score (nSPS) is 13.0. The van der Waals surface area contributed by atoms with Crippen LogP contribution >= 0.6 is 15.9 Å². The van der Waals surface area contributed by atoms with E-state index in [1.807, 2.05) is 0 Å². The molecule has 0 radical (unpaired) electrons. The second-order valence-electron chi connectivity index (χ2n) is 2.22. The third kappa shape index (κ3) is 2.27. The molecule has 1 nitrogen and oxygen atoms in total. The molecule has 0 saturated carbocycles. The van der Waals surface area contributed by atoms with Crippen LogP contribution in [0.2, 0.25) is 0 Å². The van der Waals surface area contributed by atoms with Crippen molar-refractivity contribution in [2.45, 2.75) is 6.10 Å². The Morgan fingerprint density at radius 2 is 1.91 bits per heavy atom. The van der Waals surface area contributed by atoms with E-state index in [0.717, 1.165) is 4.47 Å². The summed E-state index contributed by atoms with van der Waals surface area (Å²) < 4.78 is 12.8. The minimum absolute atomic E-state index is 0.607. The maximum absolute atomic E-state index is 11.9. The second kappa shape index (κ2) is 3.83. The van der Waals surface area contributed by atoms with Gasteiger partial charge in [0.15, 0.2) is 0 Å². The van der Waals surface area contributed by atoms with Gasteiger partial charge in [0.05, 0.1) is 0 Å². The van der Waals surface area contributed by atoms with E-state index in [1.165, 1.54) is 0 Å². The number of alkyl halides is 1. The monoisotopic (exact) mass is 217 g/mol. The van der Waals surface area contributed by atoms with E-state index < -0.39 is 12.8 Å². The molecule has 0 aliphatic carbocycles. The van der Waals surface area contributed by atoms with Crippen LogP contribution in [0.1, 0.15) is 11.7 Å². The van der Waals surface area contributed by atoms with E-state index in [-0.39, 0.29) is 0 Å². The third-order valence-corrected chi connectivity index (χ3v) is 1.93. The molecule has 1 N–H and O–H groups in total. The molecule has 0 saturated heterocycles. The van der Waals surface area contributed by atoms with Crippen LogP contribution in [0.25, 0.3) is 0 Å². The number of benzene rings is 1. The summed E-state index contributed by atoms with van der Waals surface area (Å²) in [4.78, 5) is 0. The Hall–Kier alpha value is -0.410. The Morgan fingerprint density at radius 1 is 1.36 bits per heavy atom. The first kappa shape index (κ1) is 8.68. The number of rotatable bonds is 2. The van der Waals surface area contributed by atoms with E-state index in [4.69, 9.17) is 5.11 Å². The smallest absolute Gasteiger partial charge is 0.119 e. The molecule has 60 valence electrons. The van der Waals surface area contributed by atoms with Gasteiger partial charge in [0.1, 0.15) is 12.8 Å². The average Bonchev–Trinajstić information content (AvgIpc) is 2.05. The van der Waals surface area contributed by atoms with Crippen molar-refractivity contribution in [3.8, 4) is 0 Å². The summed E-state index contributed by atoms with van der Waals surface area (Å²) in [5, 5.41) is 9.03. The largest absolute Gasteiger partial charge is 0.386 e. The van der Waals surface area contributed by atoms with E-state index in [9.17, 15) is 4.39 Å². The molecule has 1 aromatic carbocycles. The van der Waals surface area contributed by atoms with Crippen molar-refractivity contribution in [1.29, 1.82) is 0 Å². The standard InChI is InChI=1S/C8H8BrFO/c9-7-3-1-6(2-4-7)8(11)5-10/h1-4,8,11H,5H2/t8-/m1/s1/i10-1. The molecule has 11 heavy (non-hydrogen) atoms. The summed E-state index contributed by atoms with van der Waals surface area (Å²) in [5.41, 5.74) is 0.607. The molecular weight excluding hydrogens is 210 g/mol. The predicted octanol–water partition coefficient (Wildman–Crippen LogP) is 2.45. The molecule has 0 aromatic heterocycles. The summed E-state index contributed by atoms with van der Waals surface area (Å²) in [5.74, 6) is 0. The highest BCUT2D eigenvalue weighted by Crippen LogP contribution is 2.16. The number of hydrogen-bond donors (Lipinski definition) is 1. The fraction of sp³-hybridized carbons (Fsp3) is 0.250. The Bertz CT molecular complexity index is 222. The van der Waals surface area contributed by atoms with Crippen molar-refractivity contribution in [2.24, 2.45) is 0 Å². The fourth-order valence-corrected chi connectivity index (χ4v) is 1.04. The van der Waals surface area contributed by atoms with Gasteiger partial charge in [0.25, 0.3) is 0 Å². The first-order valence-corrected chi connectivity index (χ1v) is 4.03. The van der Waals surface area contributed by atoms with E-state index >= 15 is 0 Å². The van der Waals surface area contributed by atoms with Crippen LogP contribution < -0.4 is 0 Å². The number of hydrogen-bond acceptors (Lipinski definition) is 1. The van der Waals surface area contributed by atoms with Crippen molar-refractivity contribution in [1.82, 2.24) is 0 Å². The van der Waals surface area contributed by atoms with Gasteiger partial charge in [-0.25, -0.2) is 4.39 Å². The zero-order valence-electron chi connectivity index (χ0n) is 5.80. The van der Waals surface area contributed by atoms with Crippen molar-refractivity contribution < 1.29 is 9.50 Å². The second-order valence-corrected chi connectivity index (χ2v) is 3.14. The highest BCUT2D eigenvalue weighted by molar-refractivity contribution is 9.10. The lowest BCUT2D eigenvalue weighted by molar-refractivity contribution is 0.142. The molecule has 1 rings (SSSR count). The zero-order chi connectivity index (χ0) is 8.27. The van der Waals surface area contributed by atoms with Crippen LogP contribution in [-0.2, 0) is 0 Å². The van der Waals surface area contributed by atoms with Crippen LogP contribution in [-0.4, -0.2) is 11.8 Å². The fourth-order valence-electron chi connectivity index (χ4n) is 0.774. The Kier molecular flexibility index (Phi) is 3.02. The van der Waals surface area contributed by atoms with Gasteiger partial charge in [-0.15, -0.1) is 0 Å². The lowest BCUT2D eigenvalue weighted by atomic mass is 10.1. The van der Waals surface area contributed by atoms with E-state index in [2.05, 4.69) is 15.9 Å². The van der Waals surface area contributed by atoms with Gasteiger partial charge in [-0.3, -0.25) is 0 Å². The molecule has 0 spiro atoms. The maximum atomic E-state index is 11.9. The average molecular weight is 218 g/mol. The molecule has 0 bridgehead atoms. The third-order valence-electron chi connectivity index (χ3n) is 1.40. The highest BCUT2D eigenvalue weighted by atomic mass is 79.9. The van der Waals surface area contributed by atoms with Crippen LogP contribution in [0, 0.1) is 0 Å². The Morgan fingerprint density at radius 3 is 2.36 bits per heavy atom. The molecule has 0 unspecified atom stereocenters. The van der Waals surface area contributed by atoms with Crippen LogP contribution in [0.4, 0.5) is 4.39 Å². The van der Waals surface area contributed by atoms with Gasteiger partial charge in [-0.2, -0.15) is 0 Å². The summed E-state index contributed by atoms with van der Waals surface area (Å²) in [6, 6.07) is 6.92. The molecule has 1 atom stereocenters. The summed E-state index contributed by atoms with van der Waals surface area (Å²) >= 11 is 3.24. The number of halogens is 2. The highest BCUT2D eigenvalue weighted by Gasteiger charge is 2.04. The quantitative estimate of drug-likeness (QED) is 0.808. The molecule has 0 aliphatic heterocycles. The van der Waals surface area contributed by atoms with E-state index in [0.29, 0.717) is 5.56 Å². The minimum atomic E-state index is -0.983. The summed E-state index contributed by atoms with van der Waals surface area (Å²) in [6.07, 6.45) is -0.983. The SMILES string of the molecule is O[C@H](C[18F])c1ccc(Br)cc1. The van der Waals surface area contributed by atoms with Crippen molar-refractivity contribution in [2.75, 3.05) is 6.67 Å². The van der Waals surface area contributed by atoms with Crippen molar-refractivity contribution >= 4 is 15.9 Å². The van der Waals surface area contributed by atoms with Gasteiger partial charge in [-0.05, 0) is 17.7 Å². The molecule has 3 heteroatoms. The lowest BCUT2D eigenvalue weighted by Gasteiger charge is -2.04. The van der Waals surface area contributed by atoms with Crippen LogP contribution in [0.5, 0.6) is 0 Å². The maximum Gasteiger partial charge on any atom is 0.119 e. The van der Waals surface area contributed by atoms with Crippen LogP contribution in [0.3, 0.4) is 0 Å². The lowest BCUT2D eigenvalue weighted by Crippen LogP contribution is -1.97. The molecule has 0 fully saturated rings. The minimum Gasteiger partial charge on any atom is -0.386 e. The molecular formula is C8H8BrFO. The summed E-state index contributed by atoms with van der Waals surface area (Å²) in [6.45, 7) is -0.734. The number of aliphatic hydroxyl groups is 1. The van der Waals surface area contributed by atoms with Crippen molar-refractivity contribution in [3.05, 3.63) is 34.3 Å². The summed E-state index contributed by atoms with van der Waals surface area (Å²) in [7, 11) is 0. The van der Waals surface area contributed by atoms with E-state index in [1.54, 1.807) is 24.3 Å². The van der Waals surface area contributed by atoms with Gasteiger partial charge >= 0.3 is 0 Å². The van der Waals surface area contributed by atoms with Gasteiger partial charge in [0.2, 0.25) is 0 Å². The molecule has 0 amide bonds. The first-order valence-electron chi connectivity index (χ1n) is 3.23. The topological polar surface area (TPSA) is 20.2 Å². The molecule has 1 aromatic rings. The Labute approximate surface area is 73.0 Å². The predicted molar refractivity (Wildman–Crippen MR) is 45.1 cm³/mol. The molecule has 0 heterocycles. The van der Waals surface area contributed by atoms with Gasteiger partial charge in [-0.1, -0.05) is 28.1 Å². The number of aliphatic hydroxyl groups excluding tert-OH is 1. The zero-order valence-corrected chi connectivity index (χ0v) is 7.38.